The number of nitrogens with zero attached hydrogens (tertiary/aromatic N) is 1. The van der Waals surface area contributed by atoms with Gasteiger partial charge in [0.25, 0.3) is 5.91 Å². The first-order valence-electron chi connectivity index (χ1n) is 10.1. The van der Waals surface area contributed by atoms with Crippen LogP contribution in [0.15, 0.2) is 72.8 Å². The molecule has 4 rings (SSSR count). The van der Waals surface area contributed by atoms with Gasteiger partial charge in [-0.25, -0.2) is 0 Å². The molecule has 0 spiro atoms. The summed E-state index contributed by atoms with van der Waals surface area (Å²) in [5.41, 5.74) is 8.77. The summed E-state index contributed by atoms with van der Waals surface area (Å²) in [4.78, 5) is 26.3. The van der Waals surface area contributed by atoms with Crippen LogP contribution >= 0.6 is 0 Å². The predicted molar refractivity (Wildman–Crippen MR) is 116 cm³/mol. The molecular formula is C25H24N2O3. The summed E-state index contributed by atoms with van der Waals surface area (Å²) in [6.45, 7) is 2.86. The Bertz CT molecular complexity index is 1060. The van der Waals surface area contributed by atoms with Gasteiger partial charge in [-0.3, -0.25) is 9.59 Å². The normalized spacial score (nSPS) is 15.8. The Morgan fingerprint density at radius 1 is 0.900 bits per heavy atom. The van der Waals surface area contributed by atoms with Crippen LogP contribution in [-0.2, 0) is 0 Å². The number of primary amides is 1. The third-order valence-electron chi connectivity index (χ3n) is 5.54. The molecule has 0 saturated carbocycles. The molecule has 1 unspecified atom stereocenters. The molecule has 0 aromatic heterocycles. The molecule has 5 heteroatoms. The van der Waals surface area contributed by atoms with E-state index in [1.54, 1.807) is 48.5 Å². The highest BCUT2D eigenvalue weighted by molar-refractivity contribution is 5.95. The van der Waals surface area contributed by atoms with Crippen LogP contribution in [0, 0.1) is 6.92 Å². The quantitative estimate of drug-likeness (QED) is 0.664. The Balaban J connectivity index is 1.47. The number of aryl methyl sites for hydroxylation is 1. The topological polar surface area (TPSA) is 72.6 Å². The van der Waals surface area contributed by atoms with Crippen LogP contribution in [-0.4, -0.2) is 23.3 Å². The Morgan fingerprint density at radius 3 is 2.10 bits per heavy atom. The molecule has 0 radical (unpaired) electrons. The summed E-state index contributed by atoms with van der Waals surface area (Å²) >= 11 is 0. The van der Waals surface area contributed by atoms with Crippen LogP contribution in [0.4, 0.5) is 0 Å². The minimum absolute atomic E-state index is 0.0399. The molecule has 3 aromatic carbocycles. The van der Waals surface area contributed by atoms with Gasteiger partial charge in [0.15, 0.2) is 0 Å². The first kappa shape index (κ1) is 19.7. The fraction of sp³-hybridized carbons (Fsp3) is 0.200. The lowest BCUT2D eigenvalue weighted by Gasteiger charge is -2.26. The van der Waals surface area contributed by atoms with Crippen LogP contribution in [0.3, 0.4) is 0 Å². The van der Waals surface area contributed by atoms with Crippen LogP contribution in [0.5, 0.6) is 11.5 Å². The third-order valence-corrected chi connectivity index (χ3v) is 5.54. The number of ether oxygens (including phenoxy) is 1. The molecule has 0 bridgehead atoms. The number of amides is 2. The van der Waals surface area contributed by atoms with E-state index in [1.807, 2.05) is 17.0 Å². The predicted octanol–water partition coefficient (Wildman–Crippen LogP) is 4.86. The van der Waals surface area contributed by atoms with Gasteiger partial charge in [0.05, 0.1) is 6.04 Å². The molecule has 3 aromatic rings. The second kappa shape index (κ2) is 8.41. The molecule has 0 aliphatic carbocycles. The van der Waals surface area contributed by atoms with E-state index in [2.05, 4.69) is 19.1 Å². The Hall–Kier alpha value is -3.60. The number of benzene rings is 3. The van der Waals surface area contributed by atoms with E-state index in [0.717, 1.165) is 19.4 Å². The lowest BCUT2D eigenvalue weighted by atomic mass is 9.99. The zero-order chi connectivity index (χ0) is 21.1. The molecule has 2 N–H and O–H groups in total. The minimum Gasteiger partial charge on any atom is -0.457 e. The van der Waals surface area contributed by atoms with Gasteiger partial charge in [0.2, 0.25) is 5.91 Å². The molecule has 1 fully saturated rings. The van der Waals surface area contributed by atoms with E-state index in [4.69, 9.17) is 10.5 Å². The maximum Gasteiger partial charge on any atom is 0.254 e. The summed E-state index contributed by atoms with van der Waals surface area (Å²) in [5.74, 6) is 0.780. The molecule has 30 heavy (non-hydrogen) atoms. The van der Waals surface area contributed by atoms with E-state index in [1.165, 1.54) is 11.1 Å². The molecule has 2 amide bonds. The second-order valence-corrected chi connectivity index (χ2v) is 7.53. The van der Waals surface area contributed by atoms with Crippen molar-refractivity contribution in [2.24, 2.45) is 5.73 Å². The average molecular weight is 400 g/mol. The maximum absolute atomic E-state index is 13.2. The molecule has 1 aliphatic heterocycles. The fourth-order valence-electron chi connectivity index (χ4n) is 3.95. The summed E-state index contributed by atoms with van der Waals surface area (Å²) in [6.07, 6.45) is 1.99. The monoisotopic (exact) mass is 400 g/mol. The van der Waals surface area contributed by atoms with Gasteiger partial charge < -0.3 is 15.4 Å². The van der Waals surface area contributed by atoms with Crippen molar-refractivity contribution in [3.8, 4) is 11.5 Å². The van der Waals surface area contributed by atoms with Crippen molar-refractivity contribution >= 4 is 11.8 Å². The molecule has 1 aliphatic rings. The number of carbonyl (C=O) groups excluding carboxylic acids is 2. The molecule has 1 saturated heterocycles. The molecule has 1 heterocycles. The zero-order valence-electron chi connectivity index (χ0n) is 16.9. The number of hydrogen-bond acceptors (Lipinski definition) is 3. The third kappa shape index (κ3) is 4.06. The second-order valence-electron chi connectivity index (χ2n) is 7.53. The largest absolute Gasteiger partial charge is 0.457 e. The van der Waals surface area contributed by atoms with Crippen LogP contribution < -0.4 is 10.5 Å². The summed E-state index contributed by atoms with van der Waals surface area (Å²) < 4.78 is 5.80. The van der Waals surface area contributed by atoms with Crippen molar-refractivity contribution < 1.29 is 14.3 Å². The average Bonchev–Trinajstić information content (AvgIpc) is 3.24. The maximum atomic E-state index is 13.2. The van der Waals surface area contributed by atoms with E-state index in [9.17, 15) is 9.59 Å². The van der Waals surface area contributed by atoms with Crippen molar-refractivity contribution in [3.05, 3.63) is 95.1 Å². The molecular weight excluding hydrogens is 376 g/mol. The number of rotatable bonds is 5. The molecule has 5 nitrogen and oxygen atoms in total. The summed E-state index contributed by atoms with van der Waals surface area (Å²) in [5, 5.41) is 0. The van der Waals surface area contributed by atoms with E-state index in [-0.39, 0.29) is 11.9 Å². The van der Waals surface area contributed by atoms with Gasteiger partial charge in [0, 0.05) is 17.7 Å². The lowest BCUT2D eigenvalue weighted by molar-refractivity contribution is 0.0735. The highest BCUT2D eigenvalue weighted by Crippen LogP contribution is 2.35. The van der Waals surface area contributed by atoms with Crippen molar-refractivity contribution in [3.63, 3.8) is 0 Å². The minimum atomic E-state index is -0.477. The van der Waals surface area contributed by atoms with E-state index < -0.39 is 5.91 Å². The smallest absolute Gasteiger partial charge is 0.254 e. The van der Waals surface area contributed by atoms with E-state index in [0.29, 0.717) is 22.6 Å². The summed E-state index contributed by atoms with van der Waals surface area (Å²) in [7, 11) is 0. The highest BCUT2D eigenvalue weighted by atomic mass is 16.5. The number of carbonyl (C=O) groups is 2. The Labute approximate surface area is 176 Å². The highest BCUT2D eigenvalue weighted by Gasteiger charge is 2.31. The lowest BCUT2D eigenvalue weighted by Crippen LogP contribution is -2.30. The zero-order valence-corrected chi connectivity index (χ0v) is 16.9. The van der Waals surface area contributed by atoms with Gasteiger partial charge in [-0.05, 0) is 79.4 Å². The van der Waals surface area contributed by atoms with Crippen LogP contribution in [0.2, 0.25) is 0 Å². The van der Waals surface area contributed by atoms with Gasteiger partial charge in [0.1, 0.15) is 11.5 Å². The van der Waals surface area contributed by atoms with Crippen LogP contribution in [0.1, 0.15) is 50.7 Å². The summed E-state index contributed by atoms with van der Waals surface area (Å²) in [6, 6.07) is 22.2. The molecule has 1 atom stereocenters. The van der Waals surface area contributed by atoms with Gasteiger partial charge in [-0.2, -0.15) is 0 Å². The Kier molecular flexibility index (Phi) is 5.53. The first-order chi connectivity index (χ1) is 14.5. The SMILES string of the molecule is Cc1ccccc1C1CCCN1C(=O)c1ccc(Oc2ccc(C(N)=O)cc2)cc1. The van der Waals surface area contributed by atoms with Crippen LogP contribution in [0.25, 0.3) is 0 Å². The Morgan fingerprint density at radius 2 is 1.50 bits per heavy atom. The number of likely N-dealkylation sites (tertiary alicyclic amines) is 1. The van der Waals surface area contributed by atoms with Crippen molar-refractivity contribution in [1.29, 1.82) is 0 Å². The van der Waals surface area contributed by atoms with Crippen molar-refractivity contribution in [1.82, 2.24) is 4.90 Å². The number of hydrogen-bond donors (Lipinski definition) is 1. The number of nitrogens with two attached hydrogens (primary N) is 1. The van der Waals surface area contributed by atoms with Crippen molar-refractivity contribution in [2.75, 3.05) is 6.54 Å². The standard InChI is InChI=1S/C25H24N2O3/c1-17-5-2-3-6-22(17)23-7-4-16-27(23)25(29)19-10-14-21(15-11-19)30-20-12-8-18(9-13-20)24(26)28/h2-3,5-6,8-15,23H,4,7,16H2,1H3,(H2,26,28). The van der Waals surface area contributed by atoms with Gasteiger partial charge in [-0.1, -0.05) is 24.3 Å². The first-order valence-corrected chi connectivity index (χ1v) is 10.1. The van der Waals surface area contributed by atoms with Gasteiger partial charge in [-0.15, -0.1) is 0 Å². The molecule has 152 valence electrons. The van der Waals surface area contributed by atoms with Gasteiger partial charge >= 0.3 is 0 Å². The fourth-order valence-corrected chi connectivity index (χ4v) is 3.95. The van der Waals surface area contributed by atoms with E-state index >= 15 is 0 Å². The van der Waals surface area contributed by atoms with Crippen molar-refractivity contribution in [2.45, 2.75) is 25.8 Å².